The minimum Gasteiger partial charge on any atom is -0.334 e. The smallest absolute Gasteiger partial charge is 0.254 e. The normalized spacial score (nSPS) is 20.0. The summed E-state index contributed by atoms with van der Waals surface area (Å²) in [4.78, 5) is 14.8. The van der Waals surface area contributed by atoms with Crippen molar-refractivity contribution in [3.05, 3.63) is 35.4 Å². The van der Waals surface area contributed by atoms with Gasteiger partial charge in [0.15, 0.2) is 0 Å². The Hall–Kier alpha value is -1.35. The van der Waals surface area contributed by atoms with E-state index in [9.17, 15) is 4.79 Å². The highest BCUT2D eigenvalue weighted by atomic mass is 16.2. The van der Waals surface area contributed by atoms with Gasteiger partial charge in [0.25, 0.3) is 5.91 Å². The second kappa shape index (κ2) is 6.89. The molecule has 1 amide bonds. The maximum absolute atomic E-state index is 12.8. The van der Waals surface area contributed by atoms with Gasteiger partial charge in [-0.1, -0.05) is 31.5 Å². The summed E-state index contributed by atoms with van der Waals surface area (Å²) in [6.07, 6.45) is 2.09. The first-order valence-corrected chi connectivity index (χ1v) is 7.66. The van der Waals surface area contributed by atoms with E-state index >= 15 is 0 Å². The molecule has 1 aromatic rings. The first kappa shape index (κ1) is 15.0. The molecule has 20 heavy (non-hydrogen) atoms. The molecule has 1 aliphatic heterocycles. The van der Waals surface area contributed by atoms with Crippen molar-refractivity contribution in [3.63, 3.8) is 0 Å². The highest BCUT2D eigenvalue weighted by Gasteiger charge is 2.26. The fourth-order valence-corrected chi connectivity index (χ4v) is 2.82. The third kappa shape index (κ3) is 3.83. The van der Waals surface area contributed by atoms with Crippen molar-refractivity contribution in [1.82, 2.24) is 10.2 Å². The van der Waals surface area contributed by atoms with Crippen LogP contribution in [-0.2, 0) is 0 Å². The molecule has 1 N–H and O–H groups in total. The molecule has 1 unspecified atom stereocenters. The lowest BCUT2D eigenvalue weighted by Crippen LogP contribution is -2.44. The molecule has 0 saturated carbocycles. The molecule has 0 aromatic heterocycles. The van der Waals surface area contributed by atoms with Crippen LogP contribution in [-0.4, -0.2) is 36.5 Å². The van der Waals surface area contributed by atoms with Crippen LogP contribution in [0.3, 0.4) is 0 Å². The lowest BCUT2D eigenvalue weighted by Gasteiger charge is -2.31. The molecule has 0 aliphatic carbocycles. The van der Waals surface area contributed by atoms with Crippen molar-refractivity contribution in [1.29, 1.82) is 0 Å². The molecule has 1 aromatic carbocycles. The fraction of sp³-hybridized carbons (Fsp3) is 0.588. The zero-order valence-corrected chi connectivity index (χ0v) is 12.9. The molecule has 1 fully saturated rings. The van der Waals surface area contributed by atoms with E-state index in [1.165, 1.54) is 5.56 Å². The van der Waals surface area contributed by atoms with Crippen molar-refractivity contribution in [3.8, 4) is 0 Å². The standard InChI is InChI=1S/C17H26N2O/c1-13(2)11-16-12-18-9-4-10-19(16)17(20)15-7-5-14(3)6-8-15/h5-8,13,16,18H,4,9-12H2,1-3H3. The first-order valence-electron chi connectivity index (χ1n) is 7.66. The summed E-state index contributed by atoms with van der Waals surface area (Å²) < 4.78 is 0. The number of nitrogens with zero attached hydrogens (tertiary/aromatic N) is 1. The predicted octanol–water partition coefficient (Wildman–Crippen LogP) is 2.85. The van der Waals surface area contributed by atoms with E-state index in [1.54, 1.807) is 0 Å². The Kier molecular flexibility index (Phi) is 5.18. The zero-order chi connectivity index (χ0) is 14.5. The van der Waals surface area contributed by atoms with Crippen LogP contribution in [0.4, 0.5) is 0 Å². The molecular weight excluding hydrogens is 248 g/mol. The number of hydrogen-bond donors (Lipinski definition) is 1. The van der Waals surface area contributed by atoms with Gasteiger partial charge in [-0.2, -0.15) is 0 Å². The Morgan fingerprint density at radius 3 is 2.70 bits per heavy atom. The Bertz CT molecular complexity index is 439. The van der Waals surface area contributed by atoms with Gasteiger partial charge >= 0.3 is 0 Å². The number of hydrogen-bond acceptors (Lipinski definition) is 2. The average Bonchev–Trinajstić information content (AvgIpc) is 2.63. The predicted molar refractivity (Wildman–Crippen MR) is 82.9 cm³/mol. The van der Waals surface area contributed by atoms with E-state index in [0.29, 0.717) is 12.0 Å². The van der Waals surface area contributed by atoms with Gasteiger partial charge in [0.1, 0.15) is 0 Å². The molecule has 3 nitrogen and oxygen atoms in total. The van der Waals surface area contributed by atoms with Crippen molar-refractivity contribution in [2.24, 2.45) is 5.92 Å². The quantitative estimate of drug-likeness (QED) is 0.919. The first-order chi connectivity index (χ1) is 9.58. The van der Waals surface area contributed by atoms with Gasteiger partial charge in [-0.3, -0.25) is 4.79 Å². The number of amides is 1. The van der Waals surface area contributed by atoms with Gasteiger partial charge in [-0.25, -0.2) is 0 Å². The molecular formula is C17H26N2O. The maximum Gasteiger partial charge on any atom is 0.254 e. The van der Waals surface area contributed by atoms with Crippen LogP contribution < -0.4 is 5.32 Å². The number of nitrogens with one attached hydrogen (secondary N) is 1. The summed E-state index contributed by atoms with van der Waals surface area (Å²) in [6.45, 7) is 9.27. The summed E-state index contributed by atoms with van der Waals surface area (Å²) in [5, 5.41) is 3.45. The van der Waals surface area contributed by atoms with Crippen LogP contribution in [0, 0.1) is 12.8 Å². The van der Waals surface area contributed by atoms with Gasteiger partial charge in [0.2, 0.25) is 0 Å². The van der Waals surface area contributed by atoms with Gasteiger partial charge < -0.3 is 10.2 Å². The SMILES string of the molecule is Cc1ccc(C(=O)N2CCCNCC2CC(C)C)cc1. The van der Waals surface area contributed by atoms with Crippen LogP contribution in [0.15, 0.2) is 24.3 Å². The highest BCUT2D eigenvalue weighted by Crippen LogP contribution is 2.17. The van der Waals surface area contributed by atoms with Crippen molar-refractivity contribution in [2.45, 2.75) is 39.7 Å². The second-order valence-electron chi connectivity index (χ2n) is 6.21. The summed E-state index contributed by atoms with van der Waals surface area (Å²) in [6, 6.07) is 8.23. The van der Waals surface area contributed by atoms with Gasteiger partial charge in [0, 0.05) is 24.7 Å². The molecule has 1 heterocycles. The van der Waals surface area contributed by atoms with E-state index in [4.69, 9.17) is 0 Å². The average molecular weight is 274 g/mol. The number of rotatable bonds is 3. The molecule has 0 spiro atoms. The number of aryl methyl sites for hydroxylation is 1. The topological polar surface area (TPSA) is 32.3 Å². The molecule has 1 aliphatic rings. The number of carbonyl (C=O) groups excluding carboxylic acids is 1. The van der Waals surface area contributed by atoms with E-state index in [2.05, 4.69) is 24.1 Å². The summed E-state index contributed by atoms with van der Waals surface area (Å²) >= 11 is 0. The van der Waals surface area contributed by atoms with Crippen LogP contribution in [0.1, 0.15) is 42.6 Å². The molecule has 3 heteroatoms. The lowest BCUT2D eigenvalue weighted by molar-refractivity contribution is 0.0673. The van der Waals surface area contributed by atoms with E-state index in [-0.39, 0.29) is 5.91 Å². The van der Waals surface area contributed by atoms with Crippen molar-refractivity contribution < 1.29 is 4.79 Å². The monoisotopic (exact) mass is 274 g/mol. The van der Waals surface area contributed by atoms with E-state index < -0.39 is 0 Å². The van der Waals surface area contributed by atoms with E-state index in [0.717, 1.165) is 38.0 Å². The van der Waals surface area contributed by atoms with Gasteiger partial charge in [-0.15, -0.1) is 0 Å². The van der Waals surface area contributed by atoms with Crippen molar-refractivity contribution >= 4 is 5.91 Å². The van der Waals surface area contributed by atoms with E-state index in [1.807, 2.05) is 31.2 Å². The fourth-order valence-electron chi connectivity index (χ4n) is 2.82. The molecule has 2 rings (SSSR count). The lowest BCUT2D eigenvalue weighted by atomic mass is 10.0. The molecule has 1 saturated heterocycles. The van der Waals surface area contributed by atoms with Crippen molar-refractivity contribution in [2.75, 3.05) is 19.6 Å². The molecule has 110 valence electrons. The van der Waals surface area contributed by atoms with Crippen LogP contribution >= 0.6 is 0 Å². The van der Waals surface area contributed by atoms with Gasteiger partial charge in [0.05, 0.1) is 0 Å². The molecule has 0 radical (unpaired) electrons. The second-order valence-corrected chi connectivity index (χ2v) is 6.21. The maximum atomic E-state index is 12.8. The minimum atomic E-state index is 0.180. The van der Waals surface area contributed by atoms with Crippen LogP contribution in [0.25, 0.3) is 0 Å². The highest BCUT2D eigenvalue weighted by molar-refractivity contribution is 5.94. The van der Waals surface area contributed by atoms with Gasteiger partial charge in [-0.05, 0) is 44.4 Å². The van der Waals surface area contributed by atoms with Crippen LogP contribution in [0.5, 0.6) is 0 Å². The number of carbonyl (C=O) groups is 1. The third-order valence-electron chi connectivity index (χ3n) is 3.88. The third-order valence-corrected chi connectivity index (χ3v) is 3.88. The molecule has 0 bridgehead atoms. The Morgan fingerprint density at radius 2 is 2.05 bits per heavy atom. The Labute approximate surface area is 122 Å². The largest absolute Gasteiger partial charge is 0.334 e. The minimum absolute atomic E-state index is 0.180. The summed E-state index contributed by atoms with van der Waals surface area (Å²) in [5.74, 6) is 0.785. The summed E-state index contributed by atoms with van der Waals surface area (Å²) in [7, 11) is 0. The Morgan fingerprint density at radius 1 is 1.35 bits per heavy atom. The Balaban J connectivity index is 2.16. The zero-order valence-electron chi connectivity index (χ0n) is 12.9. The summed E-state index contributed by atoms with van der Waals surface area (Å²) in [5.41, 5.74) is 2.00. The number of benzene rings is 1. The van der Waals surface area contributed by atoms with Crippen LogP contribution in [0.2, 0.25) is 0 Å². The molecule has 1 atom stereocenters.